The summed E-state index contributed by atoms with van der Waals surface area (Å²) in [4.78, 5) is 49.1. The molecule has 0 bridgehead atoms. The van der Waals surface area contributed by atoms with Crippen molar-refractivity contribution in [2.75, 3.05) is 6.61 Å². The van der Waals surface area contributed by atoms with Gasteiger partial charge >= 0.3 is 0 Å². The number of hydrogen-bond acceptors (Lipinski definition) is 13. The van der Waals surface area contributed by atoms with Crippen LogP contribution in [0.1, 0.15) is 79.6 Å². The van der Waals surface area contributed by atoms with E-state index in [1.807, 2.05) is 26.2 Å². The summed E-state index contributed by atoms with van der Waals surface area (Å²) in [6.07, 6.45) is -10.6. The van der Waals surface area contributed by atoms with E-state index in [4.69, 9.17) is 24.8 Å². The molecule has 4 amide bonds. The van der Waals surface area contributed by atoms with Crippen LogP contribution in [0, 0.1) is 5.92 Å². The summed E-state index contributed by atoms with van der Waals surface area (Å²) in [5.41, 5.74) is 6.49. The molecule has 46 heavy (non-hydrogen) atoms. The van der Waals surface area contributed by atoms with Crippen molar-refractivity contribution in [3.8, 4) is 0 Å². The Morgan fingerprint density at radius 1 is 0.870 bits per heavy atom. The lowest BCUT2D eigenvalue weighted by atomic mass is 9.83. The average molecular weight is 664 g/mol. The van der Waals surface area contributed by atoms with Crippen LogP contribution < -0.4 is 27.4 Å². The maximum Gasteiger partial charge on any atom is 0.270 e. The Kier molecular flexibility index (Phi) is 16.7. The van der Waals surface area contributed by atoms with Crippen LogP contribution in [0.4, 0.5) is 0 Å². The molecule has 0 radical (unpaired) electrons. The summed E-state index contributed by atoms with van der Waals surface area (Å²) in [5, 5.41) is 46.1. The van der Waals surface area contributed by atoms with Gasteiger partial charge in [-0.05, 0) is 32.1 Å². The predicted octanol–water partition coefficient (Wildman–Crippen LogP) is -2.24. The third-order valence-corrected chi connectivity index (χ3v) is 8.42. The van der Waals surface area contributed by atoms with Crippen molar-refractivity contribution < 1.29 is 58.6 Å². The van der Waals surface area contributed by atoms with Gasteiger partial charge in [-0.1, -0.05) is 33.6 Å². The molecule has 2 saturated heterocycles. The quantitative estimate of drug-likeness (QED) is 0.0367. The molecule has 2 rings (SSSR count). The van der Waals surface area contributed by atoms with E-state index in [1.165, 1.54) is 6.92 Å². The second-order valence-electron chi connectivity index (χ2n) is 11.8. The van der Waals surface area contributed by atoms with E-state index >= 15 is 0 Å². The molecule has 266 valence electrons. The van der Waals surface area contributed by atoms with Crippen LogP contribution in [0.3, 0.4) is 0 Å². The molecular weight excluding hydrogens is 610 g/mol. The molecule has 17 nitrogen and oxygen atoms in total. The lowest BCUT2D eigenvalue weighted by Gasteiger charge is -2.49. The highest BCUT2D eigenvalue weighted by atomic mass is 16.7. The summed E-state index contributed by atoms with van der Waals surface area (Å²) in [5.74, 6) is 2.63. The minimum Gasteiger partial charge on any atom is -0.394 e. The average Bonchev–Trinajstić information content (AvgIpc) is 3.03. The number of rotatable bonds is 16. The molecular formula is C29H53N5O12. The molecule has 11 atom stereocenters. The number of hydrazine groups is 2. The fourth-order valence-corrected chi connectivity index (χ4v) is 5.59. The zero-order chi connectivity index (χ0) is 34.6. The zero-order valence-electron chi connectivity index (χ0n) is 27.2. The number of unbranched alkanes of at least 4 members (excludes halogenated alkanes) is 1. The van der Waals surface area contributed by atoms with Crippen molar-refractivity contribution in [2.24, 2.45) is 11.8 Å². The number of carbonyl (C=O) groups is 4. The molecule has 0 aliphatic carbocycles. The molecule has 2 aliphatic rings. The lowest BCUT2D eigenvalue weighted by molar-refractivity contribution is -0.332. The summed E-state index contributed by atoms with van der Waals surface area (Å²) >= 11 is 0. The van der Waals surface area contributed by atoms with E-state index in [0.717, 1.165) is 0 Å². The molecule has 0 spiro atoms. The highest BCUT2D eigenvalue weighted by Crippen LogP contribution is 2.34. The molecule has 0 saturated carbocycles. The van der Waals surface area contributed by atoms with Crippen molar-refractivity contribution in [2.45, 2.75) is 147 Å². The van der Waals surface area contributed by atoms with Gasteiger partial charge in [-0.25, -0.2) is 5.84 Å². The van der Waals surface area contributed by atoms with E-state index < -0.39 is 91.6 Å². The van der Waals surface area contributed by atoms with Crippen molar-refractivity contribution in [3.05, 3.63) is 0 Å². The topological polar surface area (TPSA) is 260 Å². The Morgan fingerprint density at radius 3 is 2.04 bits per heavy atom. The van der Waals surface area contributed by atoms with E-state index in [9.17, 15) is 39.6 Å². The summed E-state index contributed by atoms with van der Waals surface area (Å²) in [6.45, 7) is 8.09. The number of nitrogens with one attached hydrogen (secondary N) is 4. The number of hydrogen-bond donors (Lipinski definition) is 9. The highest BCUT2D eigenvalue weighted by molar-refractivity contribution is 5.85. The molecule has 2 heterocycles. The summed E-state index contributed by atoms with van der Waals surface area (Å²) < 4.78 is 23.8. The third kappa shape index (κ3) is 10.8. The Balaban J connectivity index is 2.29. The molecule has 0 aromatic heterocycles. The van der Waals surface area contributed by atoms with Crippen molar-refractivity contribution in [1.82, 2.24) is 21.6 Å². The molecule has 10 N–H and O–H groups in total. The smallest absolute Gasteiger partial charge is 0.270 e. The van der Waals surface area contributed by atoms with E-state index in [2.05, 4.69) is 16.2 Å². The van der Waals surface area contributed by atoms with Gasteiger partial charge in [0.15, 0.2) is 12.4 Å². The maximum absolute atomic E-state index is 13.3. The van der Waals surface area contributed by atoms with E-state index in [-0.39, 0.29) is 24.7 Å². The van der Waals surface area contributed by atoms with Gasteiger partial charge in [0.2, 0.25) is 17.7 Å². The van der Waals surface area contributed by atoms with Gasteiger partial charge in [0.1, 0.15) is 36.6 Å². The maximum atomic E-state index is 13.3. The van der Waals surface area contributed by atoms with Crippen molar-refractivity contribution in [3.63, 3.8) is 0 Å². The SMILES string of the molecule is CCC(C)OC1C(C(=O)NNC(=O)CCCCC(=O)NN)OC(OC2C(O)C(CO)OC(C(CC)CC)C2NC(C)=O)C(O)C1O. The van der Waals surface area contributed by atoms with Gasteiger partial charge in [0.25, 0.3) is 5.91 Å². The predicted molar refractivity (Wildman–Crippen MR) is 161 cm³/mol. The molecule has 11 unspecified atom stereocenters. The highest BCUT2D eigenvalue weighted by Gasteiger charge is 2.54. The summed E-state index contributed by atoms with van der Waals surface area (Å²) in [6, 6.07) is -0.954. The Morgan fingerprint density at radius 2 is 1.50 bits per heavy atom. The van der Waals surface area contributed by atoms with Gasteiger partial charge < -0.3 is 44.7 Å². The molecule has 2 aliphatic heterocycles. The standard InChI is InChI=1S/C29H53N5O12/c1-6-14(4)43-26-22(40)23(41)29(46-27(26)28(42)34-33-19(38)12-10-9-11-18(37)32-30)45-25-20(31-15(5)36)24(16(7-2)8-3)44-17(13-35)21(25)39/h14,16-17,20-27,29,35,39-41H,6-13,30H2,1-5H3,(H,31,36)(H,32,37)(H,33,38)(H,34,42). The second kappa shape index (κ2) is 19.4. The van der Waals surface area contributed by atoms with Gasteiger partial charge in [-0.2, -0.15) is 0 Å². The monoisotopic (exact) mass is 663 g/mol. The van der Waals surface area contributed by atoms with Crippen LogP contribution in [0.15, 0.2) is 0 Å². The Bertz CT molecular complexity index is 988. The van der Waals surface area contributed by atoms with Crippen LogP contribution >= 0.6 is 0 Å². The summed E-state index contributed by atoms with van der Waals surface area (Å²) in [7, 11) is 0. The number of aliphatic hydroxyl groups excluding tert-OH is 4. The largest absolute Gasteiger partial charge is 0.394 e. The number of ether oxygens (including phenoxy) is 4. The minimum absolute atomic E-state index is 0.0145. The van der Waals surface area contributed by atoms with Gasteiger partial charge in [0, 0.05) is 19.8 Å². The number of carbonyl (C=O) groups excluding carboxylic acids is 4. The van der Waals surface area contributed by atoms with Crippen molar-refractivity contribution in [1.29, 1.82) is 0 Å². The second-order valence-corrected chi connectivity index (χ2v) is 11.8. The number of nitrogens with two attached hydrogens (primary N) is 1. The first-order valence-electron chi connectivity index (χ1n) is 15.9. The molecule has 0 aromatic carbocycles. The van der Waals surface area contributed by atoms with Gasteiger partial charge in [0.05, 0.1) is 24.9 Å². The van der Waals surface area contributed by atoms with Crippen LogP contribution in [-0.2, 0) is 38.1 Å². The van der Waals surface area contributed by atoms with Crippen LogP contribution in [0.25, 0.3) is 0 Å². The van der Waals surface area contributed by atoms with Crippen LogP contribution in [-0.4, -0.2) is 118 Å². The first kappa shape index (κ1) is 39.7. The normalized spacial score (nSPS) is 32.0. The Labute approximate surface area is 269 Å². The third-order valence-electron chi connectivity index (χ3n) is 8.42. The number of aliphatic hydroxyl groups is 4. The zero-order valence-corrected chi connectivity index (χ0v) is 27.2. The Hall–Kier alpha value is -2.48. The van der Waals surface area contributed by atoms with Crippen LogP contribution in [0.2, 0.25) is 0 Å². The molecule has 2 fully saturated rings. The lowest BCUT2D eigenvalue weighted by Crippen LogP contribution is -2.69. The van der Waals surface area contributed by atoms with Crippen molar-refractivity contribution >= 4 is 23.6 Å². The fraction of sp³-hybridized carbons (Fsp3) is 0.862. The first-order valence-corrected chi connectivity index (χ1v) is 15.9. The first-order chi connectivity index (χ1) is 21.8. The van der Waals surface area contributed by atoms with E-state index in [1.54, 1.807) is 6.92 Å². The fourth-order valence-electron chi connectivity index (χ4n) is 5.59. The van der Waals surface area contributed by atoms with Gasteiger partial charge in [-0.3, -0.25) is 35.5 Å². The minimum atomic E-state index is -1.77. The number of amides is 4. The molecule has 0 aromatic rings. The van der Waals surface area contributed by atoms with Crippen LogP contribution in [0.5, 0.6) is 0 Å². The van der Waals surface area contributed by atoms with Gasteiger partial charge in [-0.15, -0.1) is 0 Å². The van der Waals surface area contributed by atoms with E-state index in [0.29, 0.717) is 32.1 Å². The molecule has 17 heteroatoms.